The van der Waals surface area contributed by atoms with Gasteiger partial charge in [-0.05, 0) is 37.6 Å². The van der Waals surface area contributed by atoms with Crippen molar-refractivity contribution < 1.29 is 18.2 Å². The molecule has 0 aromatic carbocycles. The minimum atomic E-state index is -4.42. The number of alkyl halides is 3. The number of fused-ring (bicyclic) bond motifs is 1. The maximum Gasteiger partial charge on any atom is 0.390 e. The Balaban J connectivity index is 2.05. The van der Waals surface area contributed by atoms with E-state index in [1.54, 1.807) is 36.7 Å². The largest absolute Gasteiger partial charge is 0.390 e. The molecule has 0 saturated heterocycles. The summed E-state index contributed by atoms with van der Waals surface area (Å²) in [5.41, 5.74) is 9.14. The number of rotatable bonds is 4. The zero-order chi connectivity index (χ0) is 22.3. The van der Waals surface area contributed by atoms with E-state index in [0.29, 0.717) is 22.4 Å². The van der Waals surface area contributed by atoms with E-state index in [1.807, 2.05) is 13.8 Å². The maximum atomic E-state index is 12.8. The molecule has 0 aliphatic rings. The number of aryl methyl sites for hydroxylation is 3. The summed E-state index contributed by atoms with van der Waals surface area (Å²) in [5, 5.41) is 4.21. The van der Waals surface area contributed by atoms with Crippen LogP contribution < -0.4 is 16.4 Å². The van der Waals surface area contributed by atoms with E-state index in [1.165, 1.54) is 0 Å². The van der Waals surface area contributed by atoms with Crippen LogP contribution in [-0.4, -0.2) is 30.3 Å². The molecule has 160 valence electrons. The molecular weight excluding hydrogens is 411 g/mol. The highest BCUT2D eigenvalue weighted by Gasteiger charge is 2.28. The fourth-order valence-electron chi connectivity index (χ4n) is 3.47. The smallest absolute Gasteiger partial charge is 0.369 e. The van der Waals surface area contributed by atoms with Crippen LogP contribution in [0.5, 0.6) is 0 Å². The number of nitrogens with one attached hydrogen (secondary N) is 1. The normalized spacial score (nSPS) is 11.9. The number of nitrogens with zero attached hydrogens (tertiary/aromatic N) is 5. The van der Waals surface area contributed by atoms with Crippen molar-refractivity contribution in [2.24, 2.45) is 0 Å². The molecule has 0 aliphatic carbocycles. The van der Waals surface area contributed by atoms with Crippen molar-refractivity contribution in [3.63, 3.8) is 0 Å². The topological polar surface area (TPSA) is 105 Å². The quantitative estimate of drug-likeness (QED) is 0.536. The average Bonchev–Trinajstić information content (AvgIpc) is 3.02. The lowest BCUT2D eigenvalue weighted by molar-refractivity contribution is -0.377. The summed E-state index contributed by atoms with van der Waals surface area (Å²) in [6, 6.07) is 7.18. The number of halogens is 3. The maximum absolute atomic E-state index is 12.8. The first-order valence-corrected chi connectivity index (χ1v) is 9.42. The molecule has 0 radical (unpaired) electrons. The molecule has 0 unspecified atom stereocenters. The monoisotopic (exact) mass is 430 g/mol. The van der Waals surface area contributed by atoms with Crippen LogP contribution in [-0.2, 0) is 6.54 Å². The molecule has 4 heterocycles. The van der Waals surface area contributed by atoms with E-state index in [9.17, 15) is 18.0 Å². The Morgan fingerprint density at radius 3 is 2.45 bits per heavy atom. The summed E-state index contributed by atoms with van der Waals surface area (Å²) in [4.78, 5) is 24.5. The van der Waals surface area contributed by atoms with Gasteiger partial charge in [0.25, 0.3) is 0 Å². The lowest BCUT2D eigenvalue weighted by Gasteiger charge is -2.12. The Hall–Kier alpha value is -3.76. The first-order chi connectivity index (χ1) is 14.6. The summed E-state index contributed by atoms with van der Waals surface area (Å²) >= 11 is 0. The Morgan fingerprint density at radius 1 is 1.13 bits per heavy atom. The van der Waals surface area contributed by atoms with Crippen molar-refractivity contribution >= 4 is 11.6 Å². The summed E-state index contributed by atoms with van der Waals surface area (Å²) in [6.07, 6.45) is -2.18. The van der Waals surface area contributed by atoms with Crippen LogP contribution in [0.4, 0.5) is 19.1 Å². The van der Waals surface area contributed by atoms with Crippen LogP contribution in [0.25, 0.3) is 28.0 Å². The Labute approximate surface area is 174 Å². The van der Waals surface area contributed by atoms with E-state index in [0.717, 1.165) is 20.5 Å². The third-order valence-electron chi connectivity index (χ3n) is 4.71. The van der Waals surface area contributed by atoms with Gasteiger partial charge in [-0.15, -0.1) is 5.10 Å². The first-order valence-electron chi connectivity index (χ1n) is 9.42. The molecule has 8 nitrogen and oxygen atoms in total. The number of anilines is 1. The highest BCUT2D eigenvalue weighted by Crippen LogP contribution is 2.34. The summed E-state index contributed by atoms with van der Waals surface area (Å²) in [5.74, 6) is -0.164. The SMILES string of the molecule is Cc1cc(-c2c(-c3ccc[nH+]c3)nc(N)n3c(=O)n(CCC(F)(F)F)nc23)cc(C)n1. The fraction of sp³-hybridized carbons (Fsp3) is 0.250. The van der Waals surface area contributed by atoms with Gasteiger partial charge in [0.15, 0.2) is 18.0 Å². The molecule has 3 N–H and O–H groups in total. The second-order valence-electron chi connectivity index (χ2n) is 7.15. The third kappa shape index (κ3) is 3.98. The predicted octanol–water partition coefficient (Wildman–Crippen LogP) is 2.59. The lowest BCUT2D eigenvalue weighted by atomic mass is 10.0. The van der Waals surface area contributed by atoms with Crippen molar-refractivity contribution in [1.29, 1.82) is 0 Å². The number of H-pyrrole nitrogens is 1. The number of aromatic nitrogens is 6. The molecule has 4 aromatic rings. The fourth-order valence-corrected chi connectivity index (χ4v) is 3.47. The number of hydrogen-bond acceptors (Lipinski definition) is 5. The highest BCUT2D eigenvalue weighted by molar-refractivity contribution is 5.90. The zero-order valence-electron chi connectivity index (χ0n) is 16.7. The van der Waals surface area contributed by atoms with Crippen molar-refractivity contribution in [2.45, 2.75) is 33.0 Å². The van der Waals surface area contributed by atoms with Gasteiger partial charge in [0.1, 0.15) is 0 Å². The first kappa shape index (κ1) is 20.5. The number of pyridine rings is 2. The standard InChI is InChI=1S/C20H18F3N7O/c1-11-8-14(9-12(2)26-11)15-16(13-4-3-6-25-10-13)27-18(24)30-17(15)28-29(19(30)31)7-5-20(21,22)23/h3-4,6,8-10H,5,7H2,1-2H3,(H2,24,27)/p+1. The van der Waals surface area contributed by atoms with E-state index < -0.39 is 24.8 Å². The zero-order valence-corrected chi connectivity index (χ0v) is 16.7. The lowest BCUT2D eigenvalue weighted by Crippen LogP contribution is -2.25. The summed E-state index contributed by atoms with van der Waals surface area (Å²) in [6.45, 7) is 3.02. The predicted molar refractivity (Wildman–Crippen MR) is 107 cm³/mol. The minimum Gasteiger partial charge on any atom is -0.369 e. The molecule has 0 aliphatic heterocycles. The number of nitrogen functional groups attached to an aromatic ring is 1. The highest BCUT2D eigenvalue weighted by atomic mass is 19.4. The van der Waals surface area contributed by atoms with Gasteiger partial charge in [0.2, 0.25) is 5.95 Å². The second kappa shape index (κ2) is 7.49. The Bertz CT molecular complexity index is 1310. The minimum absolute atomic E-state index is 0.128. The van der Waals surface area contributed by atoms with E-state index in [4.69, 9.17) is 5.73 Å². The van der Waals surface area contributed by atoms with Crippen molar-refractivity contribution in [1.82, 2.24) is 24.1 Å². The van der Waals surface area contributed by atoms with Gasteiger partial charge in [-0.25, -0.2) is 23.8 Å². The molecule has 0 atom stereocenters. The van der Waals surface area contributed by atoms with Gasteiger partial charge < -0.3 is 5.73 Å². The van der Waals surface area contributed by atoms with Gasteiger partial charge >= 0.3 is 11.9 Å². The molecule has 31 heavy (non-hydrogen) atoms. The van der Waals surface area contributed by atoms with Gasteiger partial charge in [0.05, 0.1) is 29.8 Å². The number of hydrogen-bond donors (Lipinski definition) is 1. The average molecular weight is 430 g/mol. The Morgan fingerprint density at radius 2 is 1.84 bits per heavy atom. The molecule has 0 amide bonds. The van der Waals surface area contributed by atoms with Crippen LogP contribution in [0.1, 0.15) is 17.8 Å². The van der Waals surface area contributed by atoms with Gasteiger partial charge in [-0.3, -0.25) is 4.98 Å². The van der Waals surface area contributed by atoms with E-state index >= 15 is 0 Å². The van der Waals surface area contributed by atoms with Crippen LogP contribution >= 0.6 is 0 Å². The molecule has 4 aromatic heterocycles. The number of nitrogens with two attached hydrogens (primary N) is 1. The molecule has 0 spiro atoms. The van der Waals surface area contributed by atoms with Gasteiger partial charge in [-0.1, -0.05) is 0 Å². The van der Waals surface area contributed by atoms with Gasteiger partial charge in [0, 0.05) is 17.5 Å². The van der Waals surface area contributed by atoms with E-state index in [-0.39, 0.29) is 11.6 Å². The molecule has 4 rings (SSSR count). The van der Waals surface area contributed by atoms with Crippen LogP contribution in [0.2, 0.25) is 0 Å². The third-order valence-corrected chi connectivity index (χ3v) is 4.71. The van der Waals surface area contributed by atoms with Crippen molar-refractivity contribution in [2.75, 3.05) is 5.73 Å². The van der Waals surface area contributed by atoms with Crippen LogP contribution in [0.15, 0.2) is 41.5 Å². The molecule has 11 heteroatoms. The van der Waals surface area contributed by atoms with Crippen LogP contribution in [0.3, 0.4) is 0 Å². The second-order valence-corrected chi connectivity index (χ2v) is 7.15. The van der Waals surface area contributed by atoms with Crippen LogP contribution in [0, 0.1) is 13.8 Å². The summed E-state index contributed by atoms with van der Waals surface area (Å²) < 4.78 is 40.0. The summed E-state index contributed by atoms with van der Waals surface area (Å²) in [7, 11) is 0. The molecule has 0 bridgehead atoms. The molecule has 0 fully saturated rings. The Kier molecular flexibility index (Phi) is 4.96. The van der Waals surface area contributed by atoms with Gasteiger partial charge in [-0.2, -0.15) is 13.2 Å². The number of aromatic amines is 1. The molecule has 0 saturated carbocycles. The molecular formula is C20H19F3N7O+. The van der Waals surface area contributed by atoms with E-state index in [2.05, 4.69) is 20.1 Å². The van der Waals surface area contributed by atoms with Crippen molar-refractivity contribution in [3.05, 3.63) is 58.5 Å². The van der Waals surface area contributed by atoms with Crippen molar-refractivity contribution in [3.8, 4) is 22.4 Å².